The second kappa shape index (κ2) is 32.7. The average molecular weight is 1340 g/mol. The number of carbonyl (C=O) groups is 12. The summed E-state index contributed by atoms with van der Waals surface area (Å²) >= 11 is 0. The number of nitrogens with one attached hydrogen (secondary N) is 4. The molecule has 2 heterocycles. The van der Waals surface area contributed by atoms with Crippen molar-refractivity contribution in [2.75, 3.05) is 26.3 Å². The Bertz CT molecular complexity index is 3250. The highest BCUT2D eigenvalue weighted by atomic mass is 16.7. The molecule has 12 atom stereocenters. The second-order valence-electron chi connectivity index (χ2n) is 24.7. The Morgan fingerprint density at radius 3 is 1.01 bits per heavy atom. The van der Waals surface area contributed by atoms with Crippen molar-refractivity contribution in [3.8, 4) is 11.1 Å². The van der Waals surface area contributed by atoms with Crippen molar-refractivity contribution < 1.29 is 115 Å². The fourth-order valence-corrected chi connectivity index (χ4v) is 11.1. The van der Waals surface area contributed by atoms with Crippen LogP contribution in [-0.4, -0.2) is 180 Å². The van der Waals surface area contributed by atoms with Gasteiger partial charge >= 0.3 is 47.8 Å². The van der Waals surface area contributed by atoms with Crippen LogP contribution in [-0.2, 0) is 108 Å². The van der Waals surface area contributed by atoms with Gasteiger partial charge in [0.05, 0.1) is 0 Å². The Labute approximate surface area is 554 Å². The minimum Gasteiger partial charge on any atom is -0.465 e. The first-order valence-corrected chi connectivity index (χ1v) is 30.6. The molecule has 2 aliphatic rings. The van der Waals surface area contributed by atoms with Crippen LogP contribution in [0.4, 0.5) is 0 Å². The Morgan fingerprint density at radius 2 is 0.729 bits per heavy atom. The molecule has 0 unspecified atom stereocenters. The standard InChI is InChI=1S/C68H82N4O24/c1-37(73)87-35-65(9,10)59(93-43(7)79)63(83)69-33-51-53(89-39(3)75)55(91-41(5)77)57(67(85,95-51)31-45-19-15-13-16-20-45)71-61(81)49-27-23-47(24-28-49)48-25-29-50(30-26-48)62(82)72-58-56(92-42(6)78)54(90-40(4)76)52(96-68(58,86)32-46-21-17-14-18-22-46)34-70-64(84)60(94-44(8)80)66(11,12)36-88-38(2)74/h13-30,51-60,85-86H,31-36H2,1-12H3,(H,69,83)(H,70,84)(H,71,81)(H,72,82)/t51-,52-,53-,54-,55+,56+,57-,58-,59+,60+,67+,68+/m1/s1. The number of rotatable bonds is 27. The molecule has 0 aliphatic carbocycles. The van der Waals surface area contributed by atoms with Gasteiger partial charge in [-0.05, 0) is 46.5 Å². The quantitative estimate of drug-likeness (QED) is 0.0369. The molecule has 518 valence electrons. The number of hydrogen-bond donors (Lipinski definition) is 6. The van der Waals surface area contributed by atoms with E-state index in [1.165, 1.54) is 52.0 Å². The summed E-state index contributed by atoms with van der Waals surface area (Å²) in [6, 6.07) is 25.4. The van der Waals surface area contributed by atoms with Crippen molar-refractivity contribution in [2.45, 2.75) is 168 Å². The van der Waals surface area contributed by atoms with Gasteiger partial charge in [0.25, 0.3) is 23.6 Å². The molecule has 6 N–H and O–H groups in total. The largest absolute Gasteiger partial charge is 0.465 e. The predicted molar refractivity (Wildman–Crippen MR) is 334 cm³/mol. The number of carbonyl (C=O) groups excluding carboxylic acids is 12. The number of benzene rings is 4. The van der Waals surface area contributed by atoms with E-state index in [0.717, 1.165) is 55.4 Å². The van der Waals surface area contributed by atoms with E-state index in [0.29, 0.717) is 22.3 Å². The number of aliphatic hydroxyl groups is 2. The summed E-state index contributed by atoms with van der Waals surface area (Å²) < 4.78 is 56.8. The summed E-state index contributed by atoms with van der Waals surface area (Å²) in [4.78, 5) is 156. The lowest BCUT2D eigenvalue weighted by Crippen LogP contribution is -2.73. The van der Waals surface area contributed by atoms with Crippen LogP contribution in [0, 0.1) is 10.8 Å². The highest BCUT2D eigenvalue weighted by molar-refractivity contribution is 5.96. The molecule has 28 heteroatoms. The maximum Gasteiger partial charge on any atom is 0.303 e. The SMILES string of the molecule is CC(=O)OCC(C)(C)[C@@H](OC(C)=O)C(=O)NC[C@H]1O[C@@](O)(Cc2ccccc2)[C@H](NC(=O)c2ccc(-c3ccc(C(=O)N[C@@H]4[C@@H](OC(C)=O)[C@H](OC(C)=O)[C@@H](CNC(=O)[C@H](OC(C)=O)C(C)(C)COC(C)=O)O[C@@]4(O)Cc4ccccc4)cc3)cc2)[C@@H](OC(C)=O)[C@@H]1OC(C)=O. The summed E-state index contributed by atoms with van der Waals surface area (Å²) in [6.07, 6.45) is -13.5. The highest BCUT2D eigenvalue weighted by Gasteiger charge is 2.60. The topological polar surface area (TPSA) is 386 Å². The van der Waals surface area contributed by atoms with E-state index in [1.54, 1.807) is 84.9 Å². The highest BCUT2D eigenvalue weighted by Crippen LogP contribution is 2.38. The van der Waals surface area contributed by atoms with Crippen LogP contribution in [0.15, 0.2) is 109 Å². The summed E-state index contributed by atoms with van der Waals surface area (Å²) in [7, 11) is 0. The Balaban J connectivity index is 1.27. The molecule has 2 saturated heterocycles. The minimum absolute atomic E-state index is 0.00720. The smallest absolute Gasteiger partial charge is 0.303 e. The summed E-state index contributed by atoms with van der Waals surface area (Å²) in [5, 5.41) is 36.2. The number of hydrogen-bond acceptors (Lipinski definition) is 24. The van der Waals surface area contributed by atoms with Gasteiger partial charge in [-0.1, -0.05) is 113 Å². The third kappa shape index (κ3) is 20.7. The molecular weight excluding hydrogens is 1260 g/mol. The third-order valence-corrected chi connectivity index (χ3v) is 15.4. The molecule has 28 nitrogen and oxygen atoms in total. The number of ether oxygens (including phenoxy) is 10. The van der Waals surface area contributed by atoms with E-state index in [4.69, 9.17) is 47.4 Å². The first-order chi connectivity index (χ1) is 45.0. The van der Waals surface area contributed by atoms with Gasteiger partial charge in [0, 0.05) is 103 Å². The Kier molecular flexibility index (Phi) is 25.7. The van der Waals surface area contributed by atoms with Crippen LogP contribution < -0.4 is 21.3 Å². The van der Waals surface area contributed by atoms with Crippen molar-refractivity contribution >= 4 is 71.4 Å². The lowest BCUT2D eigenvalue weighted by atomic mass is 9.85. The minimum atomic E-state index is -2.50. The molecule has 96 heavy (non-hydrogen) atoms. The summed E-state index contributed by atoms with van der Waals surface area (Å²) in [5.41, 5.74) is -0.589. The Hall–Kier alpha value is -9.64. The zero-order chi connectivity index (χ0) is 71.0. The van der Waals surface area contributed by atoms with Gasteiger partial charge in [0.1, 0.15) is 37.5 Å². The first-order valence-electron chi connectivity index (χ1n) is 30.6. The molecule has 0 bridgehead atoms. The van der Waals surface area contributed by atoms with Crippen LogP contribution in [0.5, 0.6) is 0 Å². The second-order valence-corrected chi connectivity index (χ2v) is 24.7. The Morgan fingerprint density at radius 1 is 0.427 bits per heavy atom. The zero-order valence-corrected chi connectivity index (χ0v) is 55.3. The number of amides is 4. The van der Waals surface area contributed by atoms with Gasteiger partial charge in [-0.15, -0.1) is 0 Å². The molecule has 0 radical (unpaired) electrons. The van der Waals surface area contributed by atoms with Crippen molar-refractivity contribution in [2.24, 2.45) is 10.8 Å². The van der Waals surface area contributed by atoms with E-state index >= 15 is 0 Å². The van der Waals surface area contributed by atoms with E-state index in [2.05, 4.69) is 21.3 Å². The van der Waals surface area contributed by atoms with E-state index < -0.39 is 168 Å². The van der Waals surface area contributed by atoms with E-state index in [1.807, 2.05) is 0 Å². The lowest BCUT2D eigenvalue weighted by Gasteiger charge is -2.50. The van der Waals surface area contributed by atoms with Crippen molar-refractivity contribution in [1.29, 1.82) is 0 Å². The normalized spacial score (nSPS) is 22.9. The molecule has 2 aliphatic heterocycles. The lowest BCUT2D eigenvalue weighted by molar-refractivity contribution is -0.314. The fraction of sp³-hybridized carbons (Fsp3) is 0.471. The first kappa shape index (κ1) is 75.4. The van der Waals surface area contributed by atoms with Crippen LogP contribution in [0.2, 0.25) is 0 Å². The summed E-state index contributed by atoms with van der Waals surface area (Å²) in [6.45, 7) is 12.9. The van der Waals surface area contributed by atoms with Gasteiger partial charge in [0.2, 0.25) is 0 Å². The van der Waals surface area contributed by atoms with Gasteiger partial charge in [-0.3, -0.25) is 57.5 Å². The molecule has 4 aromatic carbocycles. The molecule has 6 rings (SSSR count). The average Bonchev–Trinajstić information content (AvgIpc) is 0.759. The monoisotopic (exact) mass is 1340 g/mol. The van der Waals surface area contributed by atoms with Gasteiger partial charge in [-0.2, -0.15) is 0 Å². The molecule has 4 aromatic rings. The van der Waals surface area contributed by atoms with Crippen LogP contribution in [0.3, 0.4) is 0 Å². The molecule has 0 spiro atoms. The van der Waals surface area contributed by atoms with Crippen LogP contribution in [0.1, 0.15) is 115 Å². The molecule has 0 aromatic heterocycles. The third-order valence-electron chi connectivity index (χ3n) is 15.4. The van der Waals surface area contributed by atoms with Gasteiger partial charge < -0.3 is 78.8 Å². The van der Waals surface area contributed by atoms with Gasteiger partial charge in [-0.25, -0.2) is 0 Å². The van der Waals surface area contributed by atoms with Gasteiger partial charge in [0.15, 0.2) is 48.2 Å². The summed E-state index contributed by atoms with van der Waals surface area (Å²) in [5.74, 6) is -15.1. The van der Waals surface area contributed by atoms with Crippen LogP contribution in [0.25, 0.3) is 11.1 Å². The maximum atomic E-state index is 14.5. The maximum absolute atomic E-state index is 14.5. The van der Waals surface area contributed by atoms with Crippen molar-refractivity contribution in [1.82, 2.24) is 21.3 Å². The molecule has 4 amide bonds. The zero-order valence-electron chi connectivity index (χ0n) is 55.3. The van der Waals surface area contributed by atoms with Crippen molar-refractivity contribution in [3.05, 3.63) is 131 Å². The van der Waals surface area contributed by atoms with E-state index in [-0.39, 0.29) is 37.2 Å². The predicted octanol–water partition coefficient (Wildman–Crippen LogP) is 3.21. The van der Waals surface area contributed by atoms with Crippen molar-refractivity contribution in [3.63, 3.8) is 0 Å². The van der Waals surface area contributed by atoms with E-state index in [9.17, 15) is 67.7 Å². The molecule has 2 fully saturated rings. The molecule has 0 saturated carbocycles. The fourth-order valence-electron chi connectivity index (χ4n) is 11.1. The number of esters is 8. The van der Waals surface area contributed by atoms with Crippen LogP contribution >= 0.6 is 0 Å². The molecular formula is C68H82N4O24.